The lowest BCUT2D eigenvalue weighted by atomic mass is 10.1. The highest BCUT2D eigenvalue weighted by molar-refractivity contribution is 7.92. The van der Waals surface area contributed by atoms with Crippen molar-refractivity contribution in [1.29, 1.82) is 0 Å². The number of carbonyl (C=O) groups excluding carboxylic acids is 1. The molecule has 0 saturated carbocycles. The molecule has 4 rings (SSSR count). The zero-order valence-corrected chi connectivity index (χ0v) is 20.8. The number of sulfonamides is 1. The van der Waals surface area contributed by atoms with Crippen molar-refractivity contribution in [2.24, 2.45) is 0 Å². The molecule has 0 spiro atoms. The quantitative estimate of drug-likeness (QED) is 0.392. The van der Waals surface area contributed by atoms with Gasteiger partial charge in [-0.15, -0.1) is 0 Å². The molecule has 180 valence electrons. The van der Waals surface area contributed by atoms with Crippen LogP contribution in [0.25, 0.3) is 5.69 Å². The highest BCUT2D eigenvalue weighted by Crippen LogP contribution is 2.23. The third-order valence-electron chi connectivity index (χ3n) is 5.90. The van der Waals surface area contributed by atoms with Gasteiger partial charge in [0, 0.05) is 29.9 Å². The normalized spacial score (nSPS) is 11.3. The molecule has 1 N–H and O–H groups in total. The second-order valence-electron chi connectivity index (χ2n) is 8.11. The Kier molecular flexibility index (Phi) is 7.02. The van der Waals surface area contributed by atoms with Crippen LogP contribution >= 0.6 is 0 Å². The number of hydrogen-bond acceptors (Lipinski definition) is 4. The second-order valence-corrected chi connectivity index (χ2v) is 9.97. The van der Waals surface area contributed by atoms with E-state index in [-0.39, 0.29) is 10.8 Å². The fraction of sp³-hybridized carbons (Fsp3) is 0.185. The third-order valence-corrected chi connectivity index (χ3v) is 7.82. The minimum Gasteiger partial charge on any atom is -0.348 e. The molecule has 8 heteroatoms. The van der Waals surface area contributed by atoms with Gasteiger partial charge in [-0.3, -0.25) is 9.10 Å². The Labute approximate surface area is 206 Å². The number of rotatable bonds is 8. The molecule has 0 aliphatic heterocycles. The maximum absolute atomic E-state index is 13.2. The fourth-order valence-electron chi connectivity index (χ4n) is 4.01. The van der Waals surface area contributed by atoms with Crippen molar-refractivity contribution in [3.63, 3.8) is 0 Å². The van der Waals surface area contributed by atoms with Gasteiger partial charge < -0.3 is 5.32 Å². The van der Waals surface area contributed by atoms with Crippen LogP contribution in [0.4, 0.5) is 5.69 Å². The molecule has 0 fully saturated rings. The maximum atomic E-state index is 13.2. The zero-order valence-electron chi connectivity index (χ0n) is 20.0. The van der Waals surface area contributed by atoms with E-state index in [2.05, 4.69) is 10.4 Å². The van der Waals surface area contributed by atoms with Crippen LogP contribution in [0.5, 0.6) is 0 Å². The topological polar surface area (TPSA) is 84.3 Å². The summed E-state index contributed by atoms with van der Waals surface area (Å²) in [5.74, 6) is -0.282. The molecule has 1 heterocycles. The molecule has 0 bridgehead atoms. The predicted molar refractivity (Wildman–Crippen MR) is 137 cm³/mol. The van der Waals surface area contributed by atoms with E-state index in [1.54, 1.807) is 31.2 Å². The molecule has 0 radical (unpaired) electrons. The van der Waals surface area contributed by atoms with Gasteiger partial charge in [-0.05, 0) is 69.3 Å². The predicted octanol–water partition coefficient (Wildman–Crippen LogP) is 4.63. The van der Waals surface area contributed by atoms with Crippen LogP contribution in [0, 0.1) is 13.8 Å². The van der Waals surface area contributed by atoms with Crippen molar-refractivity contribution in [2.45, 2.75) is 32.2 Å². The SMILES string of the molecule is CCN(c1ccccc1)S(=O)(=O)c1ccc(C(=O)NCc2c(C)nn(-c3ccccc3)c2C)cc1. The molecule has 3 aromatic carbocycles. The number of hydrogen-bond donors (Lipinski definition) is 1. The van der Waals surface area contributed by atoms with Crippen LogP contribution in [-0.2, 0) is 16.6 Å². The number of carbonyl (C=O) groups is 1. The maximum Gasteiger partial charge on any atom is 0.264 e. The lowest BCUT2D eigenvalue weighted by Gasteiger charge is -2.23. The summed E-state index contributed by atoms with van der Waals surface area (Å²) in [5, 5.41) is 7.54. The first-order valence-corrected chi connectivity index (χ1v) is 12.8. The molecular formula is C27H28N4O3S. The Hall–Kier alpha value is -3.91. The van der Waals surface area contributed by atoms with Crippen LogP contribution in [0.1, 0.15) is 34.2 Å². The molecular weight excluding hydrogens is 460 g/mol. The molecule has 1 aromatic heterocycles. The molecule has 0 atom stereocenters. The summed E-state index contributed by atoms with van der Waals surface area (Å²) < 4.78 is 29.5. The monoisotopic (exact) mass is 488 g/mol. The van der Waals surface area contributed by atoms with Gasteiger partial charge in [-0.2, -0.15) is 5.10 Å². The first-order valence-electron chi connectivity index (χ1n) is 11.4. The van der Waals surface area contributed by atoms with Crippen LogP contribution in [0.15, 0.2) is 89.8 Å². The summed E-state index contributed by atoms with van der Waals surface area (Å²) in [7, 11) is -3.75. The molecule has 0 aliphatic rings. The average molecular weight is 489 g/mol. The molecule has 1 amide bonds. The molecule has 35 heavy (non-hydrogen) atoms. The van der Waals surface area contributed by atoms with Crippen molar-refractivity contribution < 1.29 is 13.2 Å². The van der Waals surface area contributed by atoms with Crippen molar-refractivity contribution in [2.75, 3.05) is 10.8 Å². The van der Waals surface area contributed by atoms with Gasteiger partial charge in [0.05, 0.1) is 22.0 Å². The van der Waals surface area contributed by atoms with E-state index in [0.717, 1.165) is 22.6 Å². The first kappa shape index (κ1) is 24.2. The number of benzene rings is 3. The molecule has 7 nitrogen and oxygen atoms in total. The standard InChI is InChI=1S/C27H28N4O3S/c1-4-30(23-11-7-5-8-12-23)35(33,34)25-17-15-22(16-18-25)27(32)28-19-26-20(2)29-31(21(26)3)24-13-9-6-10-14-24/h5-18H,4,19H2,1-3H3,(H,28,32). The van der Waals surface area contributed by atoms with Crippen LogP contribution < -0.4 is 9.62 Å². The van der Waals surface area contributed by atoms with Gasteiger partial charge in [0.2, 0.25) is 0 Å². The molecule has 0 aliphatic carbocycles. The van der Waals surface area contributed by atoms with Crippen molar-refractivity contribution in [3.8, 4) is 5.69 Å². The summed E-state index contributed by atoms with van der Waals surface area (Å²) in [4.78, 5) is 12.9. The van der Waals surface area contributed by atoms with Gasteiger partial charge in [0.15, 0.2) is 0 Å². The summed E-state index contributed by atoms with van der Waals surface area (Å²) in [6, 6.07) is 24.8. The Morgan fingerprint density at radius 1 is 0.914 bits per heavy atom. The van der Waals surface area contributed by atoms with E-state index >= 15 is 0 Å². The number of amides is 1. The second kappa shape index (κ2) is 10.1. The summed E-state index contributed by atoms with van der Waals surface area (Å²) in [6.45, 7) is 6.29. The lowest BCUT2D eigenvalue weighted by Crippen LogP contribution is -2.30. The Morgan fingerprint density at radius 2 is 1.51 bits per heavy atom. The van der Waals surface area contributed by atoms with Gasteiger partial charge in [-0.25, -0.2) is 13.1 Å². The average Bonchev–Trinajstić information content (AvgIpc) is 3.17. The van der Waals surface area contributed by atoms with Gasteiger partial charge >= 0.3 is 0 Å². The van der Waals surface area contributed by atoms with Crippen LogP contribution in [0.2, 0.25) is 0 Å². The minimum absolute atomic E-state index is 0.135. The number of nitrogens with zero attached hydrogens (tertiary/aromatic N) is 3. The van der Waals surface area contributed by atoms with Gasteiger partial charge in [-0.1, -0.05) is 36.4 Å². The Bertz CT molecular complexity index is 1410. The van der Waals surface area contributed by atoms with Crippen molar-refractivity contribution in [1.82, 2.24) is 15.1 Å². The van der Waals surface area contributed by atoms with Crippen LogP contribution in [0.3, 0.4) is 0 Å². The van der Waals surface area contributed by atoms with E-state index < -0.39 is 10.0 Å². The largest absolute Gasteiger partial charge is 0.348 e. The number of aromatic nitrogens is 2. The number of para-hydroxylation sites is 2. The summed E-state index contributed by atoms with van der Waals surface area (Å²) in [6.07, 6.45) is 0. The highest BCUT2D eigenvalue weighted by Gasteiger charge is 2.24. The fourth-order valence-corrected chi connectivity index (χ4v) is 5.49. The number of anilines is 1. The van der Waals surface area contributed by atoms with E-state index in [0.29, 0.717) is 24.3 Å². The number of aryl methyl sites for hydroxylation is 1. The van der Waals surface area contributed by atoms with Gasteiger partial charge in [0.25, 0.3) is 15.9 Å². The first-order chi connectivity index (χ1) is 16.8. The third kappa shape index (κ3) is 4.97. The summed E-state index contributed by atoms with van der Waals surface area (Å²) in [5.41, 5.74) is 4.68. The van der Waals surface area contributed by atoms with Gasteiger partial charge in [0.1, 0.15) is 0 Å². The Morgan fingerprint density at radius 3 is 2.11 bits per heavy atom. The van der Waals surface area contributed by atoms with E-state index in [1.807, 2.05) is 54.9 Å². The lowest BCUT2D eigenvalue weighted by molar-refractivity contribution is 0.0950. The van der Waals surface area contributed by atoms with Crippen molar-refractivity contribution >= 4 is 21.6 Å². The van der Waals surface area contributed by atoms with E-state index in [9.17, 15) is 13.2 Å². The zero-order chi connectivity index (χ0) is 25.0. The smallest absolute Gasteiger partial charge is 0.264 e. The molecule has 4 aromatic rings. The van der Waals surface area contributed by atoms with E-state index in [1.165, 1.54) is 28.6 Å². The number of nitrogens with one attached hydrogen (secondary N) is 1. The molecule has 0 unspecified atom stereocenters. The summed E-state index contributed by atoms with van der Waals surface area (Å²) >= 11 is 0. The molecule has 0 saturated heterocycles. The van der Waals surface area contributed by atoms with Crippen LogP contribution in [-0.4, -0.2) is 30.7 Å². The van der Waals surface area contributed by atoms with Crippen molar-refractivity contribution in [3.05, 3.63) is 107 Å². The highest BCUT2D eigenvalue weighted by atomic mass is 32.2. The Balaban J connectivity index is 1.48. The van der Waals surface area contributed by atoms with E-state index in [4.69, 9.17) is 0 Å². The minimum atomic E-state index is -3.75.